The summed E-state index contributed by atoms with van der Waals surface area (Å²) in [6, 6.07) is 14.2. The number of hydrogen-bond acceptors (Lipinski definition) is 4. The molecule has 0 saturated carbocycles. The van der Waals surface area contributed by atoms with Crippen LogP contribution >= 0.6 is 0 Å². The Morgan fingerprint density at radius 1 is 1.08 bits per heavy atom. The molecule has 26 heavy (non-hydrogen) atoms. The molecule has 1 aliphatic rings. The fraction of sp³-hybridized carbons (Fsp3) is 0.381. The van der Waals surface area contributed by atoms with E-state index in [1.165, 1.54) is 11.1 Å². The number of nitrogens with zero attached hydrogens (tertiary/aromatic N) is 1. The van der Waals surface area contributed by atoms with Crippen LogP contribution in [0.5, 0.6) is 11.5 Å². The fourth-order valence-corrected chi connectivity index (χ4v) is 3.28. The largest absolute Gasteiger partial charge is 0.493 e. The Balaban J connectivity index is 1.52. The van der Waals surface area contributed by atoms with Crippen LogP contribution in [0.2, 0.25) is 0 Å². The molecule has 3 rings (SSSR count). The molecule has 2 aromatic carbocycles. The first-order chi connectivity index (χ1) is 12.7. The van der Waals surface area contributed by atoms with Gasteiger partial charge in [0.2, 0.25) is 5.91 Å². The molecule has 5 nitrogen and oxygen atoms in total. The van der Waals surface area contributed by atoms with E-state index in [0.29, 0.717) is 25.3 Å². The Bertz CT molecular complexity index is 746. The van der Waals surface area contributed by atoms with Gasteiger partial charge in [0, 0.05) is 32.6 Å². The first-order valence-electron chi connectivity index (χ1n) is 8.97. The van der Waals surface area contributed by atoms with Crippen LogP contribution in [0.4, 0.5) is 0 Å². The Morgan fingerprint density at radius 2 is 1.77 bits per heavy atom. The van der Waals surface area contributed by atoms with Crippen molar-refractivity contribution >= 4 is 5.91 Å². The highest BCUT2D eigenvalue weighted by molar-refractivity contribution is 5.76. The van der Waals surface area contributed by atoms with Gasteiger partial charge >= 0.3 is 0 Å². The van der Waals surface area contributed by atoms with Crippen molar-refractivity contribution < 1.29 is 14.3 Å². The Hall–Kier alpha value is -2.53. The predicted octanol–water partition coefficient (Wildman–Crippen LogP) is 2.77. The molecule has 0 atom stereocenters. The van der Waals surface area contributed by atoms with Crippen LogP contribution in [0.3, 0.4) is 0 Å². The molecule has 0 aliphatic carbocycles. The van der Waals surface area contributed by atoms with Crippen molar-refractivity contribution in [2.75, 3.05) is 27.3 Å². The number of benzene rings is 2. The van der Waals surface area contributed by atoms with Gasteiger partial charge in [-0.3, -0.25) is 4.79 Å². The molecule has 0 fully saturated rings. The second kappa shape index (κ2) is 8.72. The molecular formula is C21H26N2O3. The van der Waals surface area contributed by atoms with Gasteiger partial charge in [-0.25, -0.2) is 0 Å². The molecule has 2 aromatic rings. The van der Waals surface area contributed by atoms with Gasteiger partial charge in [0.1, 0.15) is 0 Å². The van der Waals surface area contributed by atoms with E-state index in [1.807, 2.05) is 35.2 Å². The van der Waals surface area contributed by atoms with E-state index in [4.69, 9.17) is 9.47 Å². The van der Waals surface area contributed by atoms with Gasteiger partial charge in [0.15, 0.2) is 11.5 Å². The quantitative estimate of drug-likeness (QED) is 0.777. The van der Waals surface area contributed by atoms with Gasteiger partial charge in [-0.15, -0.1) is 0 Å². The first-order valence-corrected chi connectivity index (χ1v) is 8.97. The SMILES string of the molecule is COc1cc2c(cc1OC)CN(C(=O)CCNCc1ccccc1)CC2. The maximum absolute atomic E-state index is 12.5. The van der Waals surface area contributed by atoms with Gasteiger partial charge in [-0.05, 0) is 35.2 Å². The standard InChI is InChI=1S/C21H26N2O3/c1-25-19-12-17-9-11-23(15-18(17)13-20(19)26-2)21(24)8-10-22-14-16-6-4-3-5-7-16/h3-7,12-13,22H,8-11,14-15H2,1-2H3. The molecular weight excluding hydrogens is 328 g/mol. The Kier molecular flexibility index (Phi) is 6.12. The van der Waals surface area contributed by atoms with Crippen molar-refractivity contribution in [2.45, 2.75) is 25.9 Å². The van der Waals surface area contributed by atoms with E-state index in [2.05, 4.69) is 17.4 Å². The maximum atomic E-state index is 12.5. The number of rotatable bonds is 7. The fourth-order valence-electron chi connectivity index (χ4n) is 3.28. The highest BCUT2D eigenvalue weighted by Crippen LogP contribution is 2.33. The van der Waals surface area contributed by atoms with Crippen LogP contribution in [0.15, 0.2) is 42.5 Å². The van der Waals surface area contributed by atoms with Crippen molar-refractivity contribution in [3.8, 4) is 11.5 Å². The minimum absolute atomic E-state index is 0.186. The minimum atomic E-state index is 0.186. The topological polar surface area (TPSA) is 50.8 Å². The number of carbonyl (C=O) groups is 1. The summed E-state index contributed by atoms with van der Waals surface area (Å²) in [5.74, 6) is 1.65. The smallest absolute Gasteiger partial charge is 0.224 e. The number of ether oxygens (including phenoxy) is 2. The third-order valence-corrected chi connectivity index (χ3v) is 4.76. The lowest BCUT2D eigenvalue weighted by atomic mass is 9.98. The van der Waals surface area contributed by atoms with E-state index in [1.54, 1.807) is 14.2 Å². The van der Waals surface area contributed by atoms with Crippen molar-refractivity contribution in [3.05, 3.63) is 59.2 Å². The summed E-state index contributed by atoms with van der Waals surface area (Å²) in [6.45, 7) is 2.85. The molecule has 138 valence electrons. The van der Waals surface area contributed by atoms with Crippen LogP contribution < -0.4 is 14.8 Å². The Labute approximate surface area is 154 Å². The molecule has 1 heterocycles. The van der Waals surface area contributed by atoms with Crippen molar-refractivity contribution in [3.63, 3.8) is 0 Å². The third kappa shape index (κ3) is 4.35. The first kappa shape index (κ1) is 18.3. The minimum Gasteiger partial charge on any atom is -0.493 e. The number of methoxy groups -OCH3 is 2. The molecule has 0 aromatic heterocycles. The van der Waals surface area contributed by atoms with Gasteiger partial charge < -0.3 is 19.7 Å². The van der Waals surface area contributed by atoms with Crippen molar-refractivity contribution in [1.82, 2.24) is 10.2 Å². The highest BCUT2D eigenvalue weighted by atomic mass is 16.5. The van der Waals surface area contributed by atoms with Crippen LogP contribution in [0.1, 0.15) is 23.1 Å². The number of fused-ring (bicyclic) bond motifs is 1. The molecule has 1 N–H and O–H groups in total. The molecule has 5 heteroatoms. The lowest BCUT2D eigenvalue weighted by Gasteiger charge is -2.29. The number of carbonyl (C=O) groups excluding carboxylic acids is 1. The van der Waals surface area contributed by atoms with Gasteiger partial charge in [0.05, 0.1) is 14.2 Å². The monoisotopic (exact) mass is 354 g/mol. The molecule has 0 bridgehead atoms. The average Bonchev–Trinajstić information content (AvgIpc) is 2.70. The van der Waals surface area contributed by atoms with Gasteiger partial charge in [-0.1, -0.05) is 30.3 Å². The molecule has 1 aliphatic heterocycles. The zero-order valence-corrected chi connectivity index (χ0v) is 15.5. The zero-order valence-electron chi connectivity index (χ0n) is 15.5. The van der Waals surface area contributed by atoms with E-state index >= 15 is 0 Å². The van der Waals surface area contributed by atoms with E-state index in [9.17, 15) is 4.79 Å². The van der Waals surface area contributed by atoms with Crippen LogP contribution in [-0.2, 0) is 24.3 Å². The number of nitrogens with one attached hydrogen (secondary N) is 1. The van der Waals surface area contributed by atoms with Crippen molar-refractivity contribution in [2.24, 2.45) is 0 Å². The average molecular weight is 354 g/mol. The predicted molar refractivity (Wildman–Crippen MR) is 101 cm³/mol. The summed E-state index contributed by atoms with van der Waals surface area (Å²) in [5.41, 5.74) is 3.60. The summed E-state index contributed by atoms with van der Waals surface area (Å²) in [6.07, 6.45) is 1.36. The molecule has 0 radical (unpaired) electrons. The second-order valence-electron chi connectivity index (χ2n) is 6.45. The van der Waals surface area contributed by atoms with Gasteiger partial charge in [-0.2, -0.15) is 0 Å². The number of hydrogen-bond donors (Lipinski definition) is 1. The maximum Gasteiger partial charge on any atom is 0.224 e. The zero-order chi connectivity index (χ0) is 18.4. The van der Waals surface area contributed by atoms with Crippen LogP contribution in [0.25, 0.3) is 0 Å². The Morgan fingerprint density at radius 3 is 2.46 bits per heavy atom. The molecule has 0 unspecified atom stereocenters. The molecule has 0 spiro atoms. The third-order valence-electron chi connectivity index (χ3n) is 4.76. The highest BCUT2D eigenvalue weighted by Gasteiger charge is 2.22. The number of amides is 1. The summed E-state index contributed by atoms with van der Waals surface area (Å²) in [7, 11) is 3.28. The van der Waals surface area contributed by atoms with Crippen LogP contribution in [-0.4, -0.2) is 38.1 Å². The lowest BCUT2D eigenvalue weighted by molar-refractivity contribution is -0.132. The van der Waals surface area contributed by atoms with E-state index in [0.717, 1.165) is 30.8 Å². The summed E-state index contributed by atoms with van der Waals surface area (Å²) in [4.78, 5) is 14.5. The summed E-state index contributed by atoms with van der Waals surface area (Å²) >= 11 is 0. The van der Waals surface area contributed by atoms with Crippen molar-refractivity contribution in [1.29, 1.82) is 0 Å². The normalized spacial score (nSPS) is 13.2. The molecule has 0 saturated heterocycles. The van der Waals surface area contributed by atoms with Crippen LogP contribution in [0, 0.1) is 0 Å². The second-order valence-corrected chi connectivity index (χ2v) is 6.45. The summed E-state index contributed by atoms with van der Waals surface area (Å²) < 4.78 is 10.7. The molecule has 1 amide bonds. The lowest BCUT2D eigenvalue weighted by Crippen LogP contribution is -2.37. The summed E-state index contributed by atoms with van der Waals surface area (Å²) in [5, 5.41) is 3.34. The van der Waals surface area contributed by atoms with Gasteiger partial charge in [0.25, 0.3) is 0 Å². The van der Waals surface area contributed by atoms with E-state index < -0.39 is 0 Å². The van der Waals surface area contributed by atoms with E-state index in [-0.39, 0.29) is 5.91 Å².